The lowest BCUT2D eigenvalue weighted by atomic mass is 9.79. The molecular formula is C15H23Br. The molecule has 1 unspecified atom stereocenters. The Morgan fingerprint density at radius 3 is 2.25 bits per heavy atom. The molecule has 0 aliphatic carbocycles. The SMILES string of the molecule is CC(C)(C)C(CBr)CCCc1ccccc1. The first kappa shape index (κ1) is 13.8. The Hall–Kier alpha value is -0.300. The second-order valence-corrected chi connectivity index (χ2v) is 6.24. The second kappa shape index (κ2) is 6.44. The van der Waals surface area contributed by atoms with E-state index < -0.39 is 0 Å². The number of rotatable bonds is 5. The van der Waals surface area contributed by atoms with Crippen LogP contribution < -0.4 is 0 Å². The van der Waals surface area contributed by atoms with E-state index in [2.05, 4.69) is 67.0 Å². The van der Waals surface area contributed by atoms with E-state index in [1.54, 1.807) is 0 Å². The van der Waals surface area contributed by atoms with Crippen LogP contribution in [0.3, 0.4) is 0 Å². The summed E-state index contributed by atoms with van der Waals surface area (Å²) in [4.78, 5) is 0. The van der Waals surface area contributed by atoms with Crippen LogP contribution in [0.5, 0.6) is 0 Å². The van der Waals surface area contributed by atoms with Gasteiger partial charge in [-0.15, -0.1) is 0 Å². The van der Waals surface area contributed by atoms with E-state index in [1.807, 2.05) is 0 Å². The molecule has 0 heterocycles. The van der Waals surface area contributed by atoms with Gasteiger partial charge in [0.2, 0.25) is 0 Å². The summed E-state index contributed by atoms with van der Waals surface area (Å²) in [5.74, 6) is 0.774. The van der Waals surface area contributed by atoms with E-state index in [9.17, 15) is 0 Å². The Morgan fingerprint density at radius 2 is 1.75 bits per heavy atom. The fraction of sp³-hybridized carbons (Fsp3) is 0.600. The van der Waals surface area contributed by atoms with Gasteiger partial charge in [-0.05, 0) is 36.2 Å². The second-order valence-electron chi connectivity index (χ2n) is 5.60. The van der Waals surface area contributed by atoms with Crippen LogP contribution in [-0.4, -0.2) is 5.33 Å². The molecule has 90 valence electrons. The Kier molecular flexibility index (Phi) is 5.54. The molecule has 0 radical (unpaired) electrons. The van der Waals surface area contributed by atoms with E-state index >= 15 is 0 Å². The van der Waals surface area contributed by atoms with Crippen molar-refractivity contribution in [3.8, 4) is 0 Å². The van der Waals surface area contributed by atoms with Gasteiger partial charge in [0.1, 0.15) is 0 Å². The molecule has 0 nitrogen and oxygen atoms in total. The molecule has 0 bridgehead atoms. The maximum atomic E-state index is 3.64. The van der Waals surface area contributed by atoms with Crippen LogP contribution in [0.15, 0.2) is 30.3 Å². The molecule has 0 fully saturated rings. The highest BCUT2D eigenvalue weighted by molar-refractivity contribution is 9.09. The van der Waals surface area contributed by atoms with Gasteiger partial charge in [0.05, 0.1) is 0 Å². The van der Waals surface area contributed by atoms with Crippen LogP contribution in [-0.2, 0) is 6.42 Å². The van der Waals surface area contributed by atoms with Gasteiger partial charge >= 0.3 is 0 Å². The molecule has 1 aromatic rings. The average Bonchev–Trinajstić information content (AvgIpc) is 2.24. The van der Waals surface area contributed by atoms with Crippen molar-refractivity contribution in [1.82, 2.24) is 0 Å². The van der Waals surface area contributed by atoms with Crippen molar-refractivity contribution in [2.75, 3.05) is 5.33 Å². The van der Waals surface area contributed by atoms with E-state index in [0.29, 0.717) is 5.41 Å². The van der Waals surface area contributed by atoms with Crippen LogP contribution in [0.4, 0.5) is 0 Å². The molecule has 0 amide bonds. The maximum absolute atomic E-state index is 3.64. The Morgan fingerprint density at radius 1 is 1.12 bits per heavy atom. The summed E-state index contributed by atoms with van der Waals surface area (Å²) in [6, 6.07) is 10.8. The van der Waals surface area contributed by atoms with E-state index in [-0.39, 0.29) is 0 Å². The zero-order valence-electron chi connectivity index (χ0n) is 10.7. The highest BCUT2D eigenvalue weighted by atomic mass is 79.9. The van der Waals surface area contributed by atoms with Crippen LogP contribution in [0, 0.1) is 11.3 Å². The minimum Gasteiger partial charge on any atom is -0.0925 e. The quantitative estimate of drug-likeness (QED) is 0.662. The normalized spacial score (nSPS) is 13.8. The summed E-state index contributed by atoms with van der Waals surface area (Å²) < 4.78 is 0. The van der Waals surface area contributed by atoms with Gasteiger partial charge in [0, 0.05) is 5.33 Å². The fourth-order valence-electron chi connectivity index (χ4n) is 1.94. The smallest absolute Gasteiger partial charge is 0.00646 e. The van der Waals surface area contributed by atoms with Gasteiger partial charge < -0.3 is 0 Å². The lowest BCUT2D eigenvalue weighted by Crippen LogP contribution is -2.21. The molecule has 0 saturated carbocycles. The van der Waals surface area contributed by atoms with Crippen LogP contribution in [0.2, 0.25) is 0 Å². The molecule has 16 heavy (non-hydrogen) atoms. The summed E-state index contributed by atoms with van der Waals surface area (Å²) in [6.45, 7) is 7.00. The molecule has 1 aromatic carbocycles. The molecule has 0 spiro atoms. The first-order valence-electron chi connectivity index (χ1n) is 6.14. The van der Waals surface area contributed by atoms with Crippen molar-refractivity contribution in [3.63, 3.8) is 0 Å². The molecule has 0 aliphatic rings. The Balaban J connectivity index is 2.35. The molecule has 0 aromatic heterocycles. The van der Waals surface area contributed by atoms with Crippen LogP contribution >= 0.6 is 15.9 Å². The topological polar surface area (TPSA) is 0 Å². The molecule has 0 saturated heterocycles. The number of benzene rings is 1. The van der Waals surface area contributed by atoms with E-state index in [1.165, 1.54) is 24.8 Å². The predicted molar refractivity (Wildman–Crippen MR) is 76.1 cm³/mol. The van der Waals surface area contributed by atoms with Gasteiger partial charge in [-0.3, -0.25) is 0 Å². The Labute approximate surface area is 109 Å². The summed E-state index contributed by atoms with van der Waals surface area (Å²) in [6.07, 6.45) is 3.81. The number of alkyl halides is 1. The van der Waals surface area contributed by atoms with Crippen molar-refractivity contribution in [2.45, 2.75) is 40.0 Å². The van der Waals surface area contributed by atoms with Crippen molar-refractivity contribution >= 4 is 15.9 Å². The number of halogens is 1. The molecule has 1 rings (SSSR count). The van der Waals surface area contributed by atoms with E-state index in [0.717, 1.165) is 11.2 Å². The van der Waals surface area contributed by atoms with Crippen molar-refractivity contribution in [2.24, 2.45) is 11.3 Å². The predicted octanol–water partition coefficient (Wildman–Crippen LogP) is 5.07. The van der Waals surface area contributed by atoms with Gasteiger partial charge in [0.15, 0.2) is 0 Å². The molecular weight excluding hydrogens is 260 g/mol. The maximum Gasteiger partial charge on any atom is 0.00646 e. The van der Waals surface area contributed by atoms with Gasteiger partial charge in [0.25, 0.3) is 0 Å². The van der Waals surface area contributed by atoms with Gasteiger partial charge in [-0.2, -0.15) is 0 Å². The minimum absolute atomic E-state index is 0.417. The lowest BCUT2D eigenvalue weighted by molar-refractivity contribution is 0.249. The highest BCUT2D eigenvalue weighted by Gasteiger charge is 2.22. The Bertz CT molecular complexity index is 284. The van der Waals surface area contributed by atoms with Crippen molar-refractivity contribution in [1.29, 1.82) is 0 Å². The molecule has 0 aliphatic heterocycles. The van der Waals surface area contributed by atoms with Crippen LogP contribution in [0.1, 0.15) is 39.2 Å². The van der Waals surface area contributed by atoms with Crippen molar-refractivity contribution in [3.05, 3.63) is 35.9 Å². The summed E-state index contributed by atoms with van der Waals surface area (Å²) >= 11 is 3.64. The highest BCUT2D eigenvalue weighted by Crippen LogP contribution is 2.31. The minimum atomic E-state index is 0.417. The average molecular weight is 283 g/mol. The van der Waals surface area contributed by atoms with Gasteiger partial charge in [-0.25, -0.2) is 0 Å². The third kappa shape index (κ3) is 4.69. The lowest BCUT2D eigenvalue weighted by Gasteiger charge is -2.29. The molecule has 1 heteroatoms. The summed E-state index contributed by atoms with van der Waals surface area (Å²) in [5, 5.41) is 1.12. The summed E-state index contributed by atoms with van der Waals surface area (Å²) in [7, 11) is 0. The number of hydrogen-bond acceptors (Lipinski definition) is 0. The zero-order chi connectivity index (χ0) is 12.0. The van der Waals surface area contributed by atoms with Gasteiger partial charge in [-0.1, -0.05) is 67.0 Å². The van der Waals surface area contributed by atoms with Crippen molar-refractivity contribution < 1.29 is 0 Å². The number of aryl methyl sites for hydroxylation is 1. The number of hydrogen-bond donors (Lipinski definition) is 0. The zero-order valence-corrected chi connectivity index (χ0v) is 12.3. The largest absolute Gasteiger partial charge is 0.0925 e. The molecule has 1 atom stereocenters. The first-order chi connectivity index (χ1) is 7.54. The van der Waals surface area contributed by atoms with Crippen LogP contribution in [0.25, 0.3) is 0 Å². The molecule has 0 N–H and O–H groups in total. The monoisotopic (exact) mass is 282 g/mol. The summed E-state index contributed by atoms with van der Waals surface area (Å²) in [5.41, 5.74) is 1.88. The fourth-order valence-corrected chi connectivity index (χ4v) is 3.23. The third-order valence-electron chi connectivity index (χ3n) is 3.27. The van der Waals surface area contributed by atoms with E-state index in [4.69, 9.17) is 0 Å². The third-order valence-corrected chi connectivity index (χ3v) is 4.05. The standard InChI is InChI=1S/C15H23Br/c1-15(2,3)14(12-16)11-7-10-13-8-5-4-6-9-13/h4-6,8-9,14H,7,10-12H2,1-3H3. The first-order valence-corrected chi connectivity index (χ1v) is 7.26.